The highest BCUT2D eigenvalue weighted by molar-refractivity contribution is 5.68. The minimum absolute atomic E-state index is 0.119. The van der Waals surface area contributed by atoms with E-state index in [9.17, 15) is 4.79 Å². The van der Waals surface area contributed by atoms with Gasteiger partial charge in [0, 0.05) is 11.8 Å². The molecule has 1 aromatic heterocycles. The molecule has 0 atom stereocenters. The van der Waals surface area contributed by atoms with E-state index >= 15 is 0 Å². The highest BCUT2D eigenvalue weighted by Gasteiger charge is 2.28. The van der Waals surface area contributed by atoms with Crippen LogP contribution in [0.15, 0.2) is 4.42 Å². The van der Waals surface area contributed by atoms with Crippen molar-refractivity contribution in [1.82, 2.24) is 4.98 Å². The highest BCUT2D eigenvalue weighted by Crippen LogP contribution is 2.39. The van der Waals surface area contributed by atoms with E-state index in [0.29, 0.717) is 11.8 Å². The quantitative estimate of drug-likeness (QED) is 0.852. The minimum atomic E-state index is -0.892. The third-order valence-corrected chi connectivity index (χ3v) is 3.04. The van der Waals surface area contributed by atoms with Crippen LogP contribution in [0.1, 0.15) is 62.3 Å². The average molecular weight is 223 g/mol. The summed E-state index contributed by atoms with van der Waals surface area (Å²) < 4.78 is 5.55. The number of aromatic nitrogens is 1. The predicted octanol–water partition coefficient (Wildman–Crippen LogP) is 2.69. The van der Waals surface area contributed by atoms with Crippen molar-refractivity contribution < 1.29 is 14.3 Å². The topological polar surface area (TPSA) is 63.3 Å². The molecule has 1 aliphatic rings. The molecule has 1 heterocycles. The molecule has 4 nitrogen and oxygen atoms in total. The van der Waals surface area contributed by atoms with Gasteiger partial charge in [0.15, 0.2) is 0 Å². The first-order chi connectivity index (χ1) is 7.58. The summed E-state index contributed by atoms with van der Waals surface area (Å²) in [6.45, 7) is 4.10. The molecule has 1 aromatic rings. The Kier molecular flexibility index (Phi) is 2.99. The van der Waals surface area contributed by atoms with Crippen LogP contribution in [-0.4, -0.2) is 16.1 Å². The maximum atomic E-state index is 10.6. The summed E-state index contributed by atoms with van der Waals surface area (Å²) >= 11 is 0. The summed E-state index contributed by atoms with van der Waals surface area (Å²) in [6, 6.07) is 0. The van der Waals surface area contributed by atoms with E-state index in [4.69, 9.17) is 9.52 Å². The molecule has 0 spiro atoms. The first kappa shape index (κ1) is 11.2. The van der Waals surface area contributed by atoms with Gasteiger partial charge in [-0.05, 0) is 12.8 Å². The average Bonchev–Trinajstić information content (AvgIpc) is 2.44. The number of carboxylic acids is 1. The van der Waals surface area contributed by atoms with Gasteiger partial charge in [-0.15, -0.1) is 0 Å². The Morgan fingerprint density at radius 2 is 2.25 bits per heavy atom. The number of rotatable bonds is 4. The van der Waals surface area contributed by atoms with Crippen LogP contribution < -0.4 is 0 Å². The molecule has 4 heteroatoms. The molecule has 1 fully saturated rings. The Hall–Kier alpha value is -1.32. The van der Waals surface area contributed by atoms with Gasteiger partial charge in [-0.25, -0.2) is 4.98 Å². The summed E-state index contributed by atoms with van der Waals surface area (Å²) in [4.78, 5) is 15.0. The van der Waals surface area contributed by atoms with Crippen LogP contribution in [0.2, 0.25) is 0 Å². The molecule has 0 aliphatic heterocycles. The summed E-state index contributed by atoms with van der Waals surface area (Å²) in [5, 5.41) is 8.72. The Morgan fingerprint density at radius 1 is 1.56 bits per heavy atom. The van der Waals surface area contributed by atoms with E-state index in [1.807, 2.05) is 13.8 Å². The standard InChI is InChI=1S/C12H17NO3/c1-7(2)12-11(8-4-3-5-8)13-9(16-12)6-10(14)15/h7-8H,3-6H2,1-2H3,(H,14,15). The van der Waals surface area contributed by atoms with Crippen molar-refractivity contribution in [2.75, 3.05) is 0 Å². The largest absolute Gasteiger partial charge is 0.481 e. The van der Waals surface area contributed by atoms with E-state index in [1.54, 1.807) is 0 Å². The predicted molar refractivity (Wildman–Crippen MR) is 58.5 cm³/mol. The van der Waals surface area contributed by atoms with Gasteiger partial charge in [0.25, 0.3) is 0 Å². The van der Waals surface area contributed by atoms with E-state index in [-0.39, 0.29) is 12.3 Å². The lowest BCUT2D eigenvalue weighted by molar-refractivity contribution is -0.136. The summed E-state index contributed by atoms with van der Waals surface area (Å²) in [6.07, 6.45) is 3.42. The second-order valence-corrected chi connectivity index (χ2v) is 4.71. The van der Waals surface area contributed by atoms with E-state index in [1.165, 1.54) is 6.42 Å². The van der Waals surface area contributed by atoms with Gasteiger partial charge in [-0.2, -0.15) is 0 Å². The molecule has 0 amide bonds. The number of aliphatic carboxylic acids is 1. The number of hydrogen-bond donors (Lipinski definition) is 1. The van der Waals surface area contributed by atoms with Crippen molar-refractivity contribution in [2.24, 2.45) is 0 Å². The molecule has 88 valence electrons. The molecule has 1 aliphatic carbocycles. The van der Waals surface area contributed by atoms with Crippen LogP contribution in [0.5, 0.6) is 0 Å². The molecule has 0 radical (unpaired) electrons. The van der Waals surface area contributed by atoms with E-state index < -0.39 is 5.97 Å². The van der Waals surface area contributed by atoms with Crippen LogP contribution in [0.4, 0.5) is 0 Å². The van der Waals surface area contributed by atoms with Crippen LogP contribution in [0.25, 0.3) is 0 Å². The number of oxazole rings is 1. The molecule has 2 rings (SSSR count). The normalized spacial score (nSPS) is 16.4. The van der Waals surface area contributed by atoms with Crippen molar-refractivity contribution in [3.05, 3.63) is 17.3 Å². The zero-order chi connectivity index (χ0) is 11.7. The van der Waals surface area contributed by atoms with Gasteiger partial charge in [0.1, 0.15) is 12.2 Å². The van der Waals surface area contributed by atoms with E-state index in [0.717, 1.165) is 24.3 Å². The van der Waals surface area contributed by atoms with Crippen molar-refractivity contribution in [2.45, 2.75) is 51.4 Å². The number of carbonyl (C=O) groups is 1. The Morgan fingerprint density at radius 3 is 2.69 bits per heavy atom. The van der Waals surface area contributed by atoms with Crippen molar-refractivity contribution in [1.29, 1.82) is 0 Å². The summed E-state index contributed by atoms with van der Waals surface area (Å²) in [5.41, 5.74) is 0.998. The van der Waals surface area contributed by atoms with Crippen molar-refractivity contribution in [3.8, 4) is 0 Å². The van der Waals surface area contributed by atoms with Crippen LogP contribution in [0.3, 0.4) is 0 Å². The molecule has 0 saturated heterocycles. The fraction of sp³-hybridized carbons (Fsp3) is 0.667. The first-order valence-corrected chi connectivity index (χ1v) is 5.79. The molecule has 1 saturated carbocycles. The van der Waals surface area contributed by atoms with Gasteiger partial charge in [0.05, 0.1) is 5.69 Å². The van der Waals surface area contributed by atoms with Gasteiger partial charge in [0.2, 0.25) is 5.89 Å². The lowest BCUT2D eigenvalue weighted by atomic mass is 9.81. The van der Waals surface area contributed by atoms with Gasteiger partial charge in [-0.1, -0.05) is 20.3 Å². The molecular formula is C12H17NO3. The lowest BCUT2D eigenvalue weighted by Crippen LogP contribution is -2.11. The molecule has 0 unspecified atom stereocenters. The van der Waals surface area contributed by atoms with Crippen molar-refractivity contribution >= 4 is 5.97 Å². The van der Waals surface area contributed by atoms with Gasteiger partial charge < -0.3 is 9.52 Å². The Balaban J connectivity index is 2.26. The third-order valence-electron chi connectivity index (χ3n) is 3.04. The number of carboxylic acid groups (broad SMARTS) is 1. The third kappa shape index (κ3) is 2.10. The van der Waals surface area contributed by atoms with Crippen LogP contribution >= 0.6 is 0 Å². The zero-order valence-corrected chi connectivity index (χ0v) is 9.69. The lowest BCUT2D eigenvalue weighted by Gasteiger charge is -2.24. The second-order valence-electron chi connectivity index (χ2n) is 4.71. The summed E-state index contributed by atoms with van der Waals surface area (Å²) in [7, 11) is 0. The van der Waals surface area contributed by atoms with Crippen LogP contribution in [0, 0.1) is 0 Å². The van der Waals surface area contributed by atoms with Crippen LogP contribution in [-0.2, 0) is 11.2 Å². The maximum Gasteiger partial charge on any atom is 0.312 e. The number of nitrogens with zero attached hydrogens (tertiary/aromatic N) is 1. The molecule has 1 N–H and O–H groups in total. The first-order valence-electron chi connectivity index (χ1n) is 5.79. The molecular weight excluding hydrogens is 206 g/mol. The fourth-order valence-corrected chi connectivity index (χ4v) is 1.98. The molecule has 16 heavy (non-hydrogen) atoms. The van der Waals surface area contributed by atoms with Gasteiger partial charge in [-0.3, -0.25) is 4.79 Å². The Labute approximate surface area is 94.7 Å². The fourth-order valence-electron chi connectivity index (χ4n) is 1.98. The second kappa shape index (κ2) is 4.28. The zero-order valence-electron chi connectivity index (χ0n) is 9.69. The SMILES string of the molecule is CC(C)c1oc(CC(=O)O)nc1C1CCC1. The maximum absolute atomic E-state index is 10.6. The monoisotopic (exact) mass is 223 g/mol. The van der Waals surface area contributed by atoms with E-state index in [2.05, 4.69) is 4.98 Å². The summed E-state index contributed by atoms with van der Waals surface area (Å²) in [5.74, 6) is 1.09. The van der Waals surface area contributed by atoms with Crippen molar-refractivity contribution in [3.63, 3.8) is 0 Å². The smallest absolute Gasteiger partial charge is 0.312 e. The number of hydrogen-bond acceptors (Lipinski definition) is 3. The van der Waals surface area contributed by atoms with Gasteiger partial charge >= 0.3 is 5.97 Å². The highest BCUT2D eigenvalue weighted by atomic mass is 16.4. The molecule has 0 aromatic carbocycles. The molecule has 0 bridgehead atoms. The minimum Gasteiger partial charge on any atom is -0.481 e. The Bertz CT molecular complexity index is 391.